The molecule has 136 valence electrons. The van der Waals surface area contributed by atoms with Crippen molar-refractivity contribution < 1.29 is 14.3 Å². The third-order valence-electron chi connectivity index (χ3n) is 3.82. The van der Waals surface area contributed by atoms with Crippen LogP contribution >= 0.6 is 0 Å². The molecule has 0 unspecified atom stereocenters. The van der Waals surface area contributed by atoms with Gasteiger partial charge >= 0.3 is 5.97 Å². The van der Waals surface area contributed by atoms with Gasteiger partial charge in [0, 0.05) is 30.8 Å². The lowest BCUT2D eigenvalue weighted by Gasteiger charge is -2.10. The summed E-state index contributed by atoms with van der Waals surface area (Å²) < 4.78 is 4.74. The lowest BCUT2D eigenvalue weighted by atomic mass is 10.1. The maximum Gasteiger partial charge on any atom is 0.339 e. The number of carbonyl (C=O) groups excluding carboxylic acids is 2. The van der Waals surface area contributed by atoms with Crippen LogP contribution < -0.4 is 10.6 Å². The van der Waals surface area contributed by atoms with Crippen molar-refractivity contribution in [3.8, 4) is 0 Å². The predicted molar refractivity (Wildman–Crippen MR) is 102 cm³/mol. The molecule has 0 fully saturated rings. The molecule has 0 spiro atoms. The summed E-state index contributed by atoms with van der Waals surface area (Å²) in [6.45, 7) is 0.596. The maximum absolute atomic E-state index is 12.5. The van der Waals surface area contributed by atoms with Crippen molar-refractivity contribution in [1.82, 2.24) is 9.97 Å². The van der Waals surface area contributed by atoms with Crippen LogP contribution in [0.3, 0.4) is 0 Å². The Morgan fingerprint density at radius 3 is 2.59 bits per heavy atom. The van der Waals surface area contributed by atoms with Crippen LogP contribution in [0.2, 0.25) is 0 Å². The number of esters is 1. The van der Waals surface area contributed by atoms with Crippen molar-refractivity contribution in [2.24, 2.45) is 0 Å². The standard InChI is InChI=1S/C20H18N4O3/c1-27-20(26)16-4-2-3-5-17(16)24-19(25)18-12-15(8-11-22-18)23-13-14-6-9-21-10-7-14/h2-12H,13H2,1H3,(H,22,23)(H,24,25). The van der Waals surface area contributed by atoms with Crippen LogP contribution in [0.25, 0.3) is 0 Å². The number of nitrogens with zero attached hydrogens (tertiary/aromatic N) is 2. The summed E-state index contributed by atoms with van der Waals surface area (Å²) in [5.74, 6) is -0.939. The van der Waals surface area contributed by atoms with Crippen LogP contribution in [-0.2, 0) is 11.3 Å². The highest BCUT2D eigenvalue weighted by molar-refractivity contribution is 6.07. The molecule has 0 atom stereocenters. The zero-order chi connectivity index (χ0) is 19.1. The minimum Gasteiger partial charge on any atom is -0.465 e. The third kappa shape index (κ3) is 4.66. The van der Waals surface area contributed by atoms with Crippen molar-refractivity contribution in [1.29, 1.82) is 0 Å². The van der Waals surface area contributed by atoms with Gasteiger partial charge < -0.3 is 15.4 Å². The highest BCUT2D eigenvalue weighted by atomic mass is 16.5. The number of hydrogen-bond acceptors (Lipinski definition) is 6. The Bertz CT molecular complexity index is 945. The van der Waals surface area contributed by atoms with E-state index in [2.05, 4.69) is 20.6 Å². The van der Waals surface area contributed by atoms with E-state index in [1.54, 1.807) is 55.0 Å². The van der Waals surface area contributed by atoms with E-state index in [4.69, 9.17) is 4.74 Å². The van der Waals surface area contributed by atoms with E-state index in [0.29, 0.717) is 12.2 Å². The number of amides is 1. The van der Waals surface area contributed by atoms with Crippen LogP contribution in [0.15, 0.2) is 67.1 Å². The SMILES string of the molecule is COC(=O)c1ccccc1NC(=O)c1cc(NCc2ccncc2)ccn1. The summed E-state index contributed by atoms with van der Waals surface area (Å²) in [7, 11) is 1.29. The van der Waals surface area contributed by atoms with E-state index in [9.17, 15) is 9.59 Å². The molecule has 2 heterocycles. The molecule has 0 saturated heterocycles. The van der Waals surface area contributed by atoms with Crippen molar-refractivity contribution in [2.45, 2.75) is 6.54 Å². The summed E-state index contributed by atoms with van der Waals surface area (Å²) >= 11 is 0. The molecule has 3 rings (SSSR count). The van der Waals surface area contributed by atoms with E-state index in [-0.39, 0.29) is 11.3 Å². The van der Waals surface area contributed by atoms with Gasteiger partial charge in [-0.25, -0.2) is 4.79 Å². The van der Waals surface area contributed by atoms with Crippen molar-refractivity contribution in [2.75, 3.05) is 17.7 Å². The summed E-state index contributed by atoms with van der Waals surface area (Å²) in [5, 5.41) is 5.94. The molecule has 0 aliphatic heterocycles. The first-order valence-corrected chi connectivity index (χ1v) is 8.25. The zero-order valence-electron chi connectivity index (χ0n) is 14.7. The minimum atomic E-state index is -0.522. The number of pyridine rings is 2. The van der Waals surface area contributed by atoms with Gasteiger partial charge in [0.2, 0.25) is 0 Å². The van der Waals surface area contributed by atoms with Gasteiger partial charge in [-0.05, 0) is 42.0 Å². The van der Waals surface area contributed by atoms with Gasteiger partial charge in [-0.1, -0.05) is 12.1 Å². The molecular weight excluding hydrogens is 344 g/mol. The van der Waals surface area contributed by atoms with Gasteiger partial charge in [0.05, 0.1) is 18.4 Å². The Morgan fingerprint density at radius 2 is 1.81 bits per heavy atom. The quantitative estimate of drug-likeness (QED) is 0.655. The molecule has 1 aromatic carbocycles. The molecule has 7 nitrogen and oxygen atoms in total. The molecule has 0 saturated carbocycles. The molecular formula is C20H18N4O3. The monoisotopic (exact) mass is 362 g/mol. The Hall–Kier alpha value is -3.74. The van der Waals surface area contributed by atoms with Gasteiger partial charge in [-0.3, -0.25) is 14.8 Å². The normalized spacial score (nSPS) is 10.1. The Kier molecular flexibility index (Phi) is 5.73. The Morgan fingerprint density at radius 1 is 1.04 bits per heavy atom. The Labute approximate surface area is 156 Å². The second-order valence-electron chi connectivity index (χ2n) is 5.63. The largest absolute Gasteiger partial charge is 0.465 e. The maximum atomic E-state index is 12.5. The van der Waals surface area contributed by atoms with Crippen molar-refractivity contribution in [3.05, 3.63) is 83.9 Å². The number of ether oxygens (including phenoxy) is 1. The molecule has 3 aromatic rings. The van der Waals surface area contributed by atoms with E-state index < -0.39 is 11.9 Å². The number of anilines is 2. The van der Waals surface area contributed by atoms with Crippen LogP contribution in [-0.4, -0.2) is 29.0 Å². The molecule has 27 heavy (non-hydrogen) atoms. The summed E-state index contributed by atoms with van der Waals surface area (Å²) in [4.78, 5) is 32.5. The molecule has 0 aliphatic carbocycles. The summed E-state index contributed by atoms with van der Waals surface area (Å²) in [6.07, 6.45) is 5.00. The second kappa shape index (κ2) is 8.57. The number of para-hydroxylation sites is 1. The van der Waals surface area contributed by atoms with Gasteiger partial charge in [0.15, 0.2) is 0 Å². The predicted octanol–water partition coefficient (Wildman–Crippen LogP) is 3.13. The molecule has 2 aromatic heterocycles. The lowest BCUT2D eigenvalue weighted by Crippen LogP contribution is -2.16. The van der Waals surface area contributed by atoms with E-state index in [1.807, 2.05) is 12.1 Å². The molecule has 0 aliphatic rings. The summed E-state index contributed by atoms with van der Waals surface area (Å²) in [6, 6.07) is 13.9. The van der Waals surface area contributed by atoms with Crippen molar-refractivity contribution >= 4 is 23.3 Å². The highest BCUT2D eigenvalue weighted by Crippen LogP contribution is 2.18. The fourth-order valence-corrected chi connectivity index (χ4v) is 2.44. The number of nitrogens with one attached hydrogen (secondary N) is 2. The van der Waals surface area contributed by atoms with E-state index in [0.717, 1.165) is 11.3 Å². The topological polar surface area (TPSA) is 93.2 Å². The van der Waals surface area contributed by atoms with Crippen LogP contribution in [0.5, 0.6) is 0 Å². The van der Waals surface area contributed by atoms with Gasteiger partial charge in [0.25, 0.3) is 5.91 Å². The first-order chi connectivity index (χ1) is 13.2. The number of benzene rings is 1. The molecule has 2 N–H and O–H groups in total. The lowest BCUT2D eigenvalue weighted by molar-refractivity contribution is 0.0602. The number of methoxy groups -OCH3 is 1. The second-order valence-corrected chi connectivity index (χ2v) is 5.63. The molecule has 7 heteroatoms. The smallest absolute Gasteiger partial charge is 0.339 e. The van der Waals surface area contributed by atoms with Crippen LogP contribution in [0, 0.1) is 0 Å². The Balaban J connectivity index is 1.72. The molecule has 0 bridgehead atoms. The molecule has 0 radical (unpaired) electrons. The van der Waals surface area contributed by atoms with Crippen LogP contribution in [0.4, 0.5) is 11.4 Å². The average molecular weight is 362 g/mol. The number of carbonyl (C=O) groups is 2. The third-order valence-corrected chi connectivity index (χ3v) is 3.82. The fraction of sp³-hybridized carbons (Fsp3) is 0.100. The number of hydrogen-bond donors (Lipinski definition) is 2. The van der Waals surface area contributed by atoms with E-state index >= 15 is 0 Å². The van der Waals surface area contributed by atoms with E-state index in [1.165, 1.54) is 7.11 Å². The van der Waals surface area contributed by atoms with Crippen molar-refractivity contribution in [3.63, 3.8) is 0 Å². The van der Waals surface area contributed by atoms with Gasteiger partial charge in [-0.15, -0.1) is 0 Å². The van der Waals surface area contributed by atoms with Crippen LogP contribution in [0.1, 0.15) is 26.4 Å². The van der Waals surface area contributed by atoms with Gasteiger partial charge in [-0.2, -0.15) is 0 Å². The fourth-order valence-electron chi connectivity index (χ4n) is 2.44. The minimum absolute atomic E-state index is 0.231. The zero-order valence-corrected chi connectivity index (χ0v) is 14.7. The molecule has 1 amide bonds. The average Bonchev–Trinajstić information content (AvgIpc) is 2.73. The number of aromatic nitrogens is 2. The first kappa shape index (κ1) is 18.1. The highest BCUT2D eigenvalue weighted by Gasteiger charge is 2.15. The van der Waals surface area contributed by atoms with Gasteiger partial charge in [0.1, 0.15) is 5.69 Å². The summed E-state index contributed by atoms with van der Waals surface area (Å²) in [5.41, 5.74) is 2.70. The number of rotatable bonds is 6. The first-order valence-electron chi connectivity index (χ1n) is 8.25.